The second-order valence-electron chi connectivity index (χ2n) is 4.94. The van der Waals surface area contributed by atoms with Crippen molar-refractivity contribution in [3.63, 3.8) is 0 Å². The first kappa shape index (κ1) is 15.3. The third-order valence-electron chi connectivity index (χ3n) is 3.40. The zero-order chi connectivity index (χ0) is 14.9. The van der Waals surface area contributed by atoms with E-state index in [1.165, 1.54) is 0 Å². The summed E-state index contributed by atoms with van der Waals surface area (Å²) in [6.45, 7) is 2.16. The smallest absolute Gasteiger partial charge is 0.386 e. The van der Waals surface area contributed by atoms with Crippen molar-refractivity contribution in [2.75, 3.05) is 6.61 Å². The fourth-order valence-electron chi connectivity index (χ4n) is 2.24. The highest BCUT2D eigenvalue weighted by molar-refractivity contribution is 5.28. The molecule has 0 spiro atoms. The Morgan fingerprint density at radius 2 is 2.00 bits per heavy atom. The lowest BCUT2D eigenvalue weighted by Gasteiger charge is -2.23. The number of aliphatic hydroxyl groups excluding tert-OH is 1. The molecule has 1 aromatic rings. The van der Waals surface area contributed by atoms with Crippen molar-refractivity contribution in [3.8, 4) is 0 Å². The molecule has 1 aromatic carbocycles. The van der Waals surface area contributed by atoms with E-state index in [0.29, 0.717) is 12.7 Å². The Balaban J connectivity index is 2.21. The van der Waals surface area contributed by atoms with Gasteiger partial charge in [0.15, 0.2) is 0 Å². The largest absolute Gasteiger partial charge is 0.419 e. The minimum atomic E-state index is -4.73. The van der Waals surface area contributed by atoms with E-state index in [0.717, 1.165) is 25.0 Å². The van der Waals surface area contributed by atoms with Crippen molar-refractivity contribution in [1.29, 1.82) is 0 Å². The summed E-state index contributed by atoms with van der Waals surface area (Å²) < 4.78 is 56.3. The lowest BCUT2D eigenvalue weighted by molar-refractivity contribution is -0.140. The van der Waals surface area contributed by atoms with Crippen LogP contribution in [0.5, 0.6) is 0 Å². The lowest BCUT2D eigenvalue weighted by atomic mass is 9.99. The Morgan fingerprint density at radius 1 is 1.35 bits per heavy atom. The fourth-order valence-corrected chi connectivity index (χ4v) is 2.24. The average molecular weight is 292 g/mol. The SMILES string of the molecule is CCOC(C1CC1)C(O)c1ccc(C(F)(F)F)c(F)c1. The fraction of sp³-hybridized carbons (Fsp3) is 0.571. The number of hydrogen-bond donors (Lipinski definition) is 1. The van der Waals surface area contributed by atoms with E-state index < -0.39 is 29.8 Å². The Kier molecular flexibility index (Phi) is 4.34. The molecular weight excluding hydrogens is 276 g/mol. The third kappa shape index (κ3) is 3.30. The van der Waals surface area contributed by atoms with Crippen LogP contribution in [0.3, 0.4) is 0 Å². The highest BCUT2D eigenvalue weighted by Crippen LogP contribution is 2.41. The molecule has 1 saturated carbocycles. The molecule has 2 atom stereocenters. The molecule has 0 amide bonds. The van der Waals surface area contributed by atoms with Gasteiger partial charge in [-0.2, -0.15) is 13.2 Å². The van der Waals surface area contributed by atoms with Crippen LogP contribution in [0.2, 0.25) is 0 Å². The van der Waals surface area contributed by atoms with E-state index in [-0.39, 0.29) is 11.5 Å². The Labute approximate surface area is 114 Å². The number of aliphatic hydroxyl groups is 1. The van der Waals surface area contributed by atoms with Gasteiger partial charge in [-0.3, -0.25) is 0 Å². The minimum Gasteiger partial charge on any atom is -0.386 e. The molecule has 0 heterocycles. The van der Waals surface area contributed by atoms with E-state index in [1.807, 2.05) is 0 Å². The highest BCUT2D eigenvalue weighted by Gasteiger charge is 2.38. The van der Waals surface area contributed by atoms with Gasteiger partial charge in [0.05, 0.1) is 11.7 Å². The zero-order valence-electron chi connectivity index (χ0n) is 11.0. The molecule has 1 aliphatic carbocycles. The number of halogens is 4. The molecule has 0 aromatic heterocycles. The zero-order valence-corrected chi connectivity index (χ0v) is 11.0. The average Bonchev–Trinajstić information content (AvgIpc) is 3.17. The molecule has 2 rings (SSSR count). The molecular formula is C14H16F4O2. The number of ether oxygens (including phenoxy) is 1. The van der Waals surface area contributed by atoms with Gasteiger partial charge in [0.1, 0.15) is 11.9 Å². The topological polar surface area (TPSA) is 29.5 Å². The van der Waals surface area contributed by atoms with Crippen LogP contribution in [0.1, 0.15) is 37.0 Å². The van der Waals surface area contributed by atoms with Gasteiger partial charge in [-0.15, -0.1) is 0 Å². The van der Waals surface area contributed by atoms with Crippen LogP contribution in [-0.4, -0.2) is 17.8 Å². The number of benzene rings is 1. The van der Waals surface area contributed by atoms with Crippen LogP contribution in [0.15, 0.2) is 18.2 Å². The van der Waals surface area contributed by atoms with Crippen LogP contribution in [-0.2, 0) is 10.9 Å². The van der Waals surface area contributed by atoms with E-state index in [4.69, 9.17) is 4.74 Å². The van der Waals surface area contributed by atoms with Crippen molar-refractivity contribution >= 4 is 0 Å². The Hall–Kier alpha value is -1.14. The summed E-state index contributed by atoms with van der Waals surface area (Å²) in [6.07, 6.45) is -4.52. The molecule has 2 unspecified atom stereocenters. The van der Waals surface area contributed by atoms with Gasteiger partial charge in [-0.25, -0.2) is 4.39 Å². The van der Waals surface area contributed by atoms with Gasteiger partial charge in [-0.05, 0) is 43.4 Å². The van der Waals surface area contributed by atoms with E-state index in [9.17, 15) is 22.7 Å². The summed E-state index contributed by atoms with van der Waals surface area (Å²) >= 11 is 0. The second kappa shape index (κ2) is 5.69. The van der Waals surface area contributed by atoms with E-state index in [2.05, 4.69) is 0 Å². The highest BCUT2D eigenvalue weighted by atomic mass is 19.4. The molecule has 112 valence electrons. The molecule has 0 bridgehead atoms. The van der Waals surface area contributed by atoms with Crippen molar-refractivity contribution in [2.45, 2.75) is 38.1 Å². The van der Waals surface area contributed by atoms with Crippen LogP contribution >= 0.6 is 0 Å². The van der Waals surface area contributed by atoms with Crippen LogP contribution in [0, 0.1) is 11.7 Å². The van der Waals surface area contributed by atoms with Crippen molar-refractivity contribution in [3.05, 3.63) is 35.1 Å². The Morgan fingerprint density at radius 3 is 2.45 bits per heavy atom. The van der Waals surface area contributed by atoms with Gasteiger partial charge in [0.25, 0.3) is 0 Å². The van der Waals surface area contributed by atoms with Gasteiger partial charge in [-0.1, -0.05) is 6.07 Å². The molecule has 1 fully saturated rings. The standard InChI is InChI=1S/C14H16F4O2/c1-2-20-13(8-3-4-8)12(19)9-5-6-10(11(15)7-9)14(16,17)18/h5-8,12-13,19H,2-4H2,1H3. The molecule has 1 aliphatic rings. The first-order chi connectivity index (χ1) is 9.34. The van der Waals surface area contributed by atoms with Crippen LogP contribution in [0.4, 0.5) is 17.6 Å². The maximum Gasteiger partial charge on any atom is 0.419 e. The summed E-state index contributed by atoms with van der Waals surface area (Å²) in [7, 11) is 0. The normalized spacial score (nSPS) is 18.9. The second-order valence-corrected chi connectivity index (χ2v) is 4.94. The summed E-state index contributed by atoms with van der Waals surface area (Å²) in [6, 6.07) is 2.50. The molecule has 0 saturated heterocycles. The monoisotopic (exact) mass is 292 g/mol. The Bertz CT molecular complexity index is 469. The first-order valence-corrected chi connectivity index (χ1v) is 6.51. The van der Waals surface area contributed by atoms with Gasteiger partial charge >= 0.3 is 6.18 Å². The number of hydrogen-bond acceptors (Lipinski definition) is 2. The predicted molar refractivity (Wildman–Crippen MR) is 64.5 cm³/mol. The third-order valence-corrected chi connectivity index (χ3v) is 3.40. The van der Waals surface area contributed by atoms with Crippen LogP contribution < -0.4 is 0 Å². The van der Waals surface area contributed by atoms with Crippen molar-refractivity contribution in [1.82, 2.24) is 0 Å². The molecule has 6 heteroatoms. The van der Waals surface area contributed by atoms with Gasteiger partial charge in [0, 0.05) is 6.61 Å². The van der Waals surface area contributed by atoms with Crippen molar-refractivity contribution < 1.29 is 27.4 Å². The predicted octanol–water partition coefficient (Wildman–Crippen LogP) is 3.69. The minimum absolute atomic E-state index is 0.112. The molecule has 0 aliphatic heterocycles. The van der Waals surface area contributed by atoms with Gasteiger partial charge in [0.2, 0.25) is 0 Å². The summed E-state index contributed by atoms with van der Waals surface area (Å²) in [4.78, 5) is 0. The van der Waals surface area contributed by atoms with Crippen molar-refractivity contribution in [2.24, 2.45) is 5.92 Å². The maximum absolute atomic E-state index is 13.5. The van der Waals surface area contributed by atoms with E-state index in [1.54, 1.807) is 6.92 Å². The summed E-state index contributed by atoms with van der Waals surface area (Å²) in [5.41, 5.74) is -1.21. The molecule has 1 N–H and O–H groups in total. The quantitative estimate of drug-likeness (QED) is 0.839. The molecule has 2 nitrogen and oxygen atoms in total. The number of rotatable bonds is 5. The number of alkyl halides is 3. The van der Waals surface area contributed by atoms with E-state index >= 15 is 0 Å². The molecule has 0 radical (unpaired) electrons. The first-order valence-electron chi connectivity index (χ1n) is 6.51. The summed E-state index contributed by atoms with van der Waals surface area (Å²) in [5, 5.41) is 10.2. The lowest BCUT2D eigenvalue weighted by Crippen LogP contribution is -2.25. The molecule has 20 heavy (non-hydrogen) atoms. The maximum atomic E-state index is 13.5. The van der Waals surface area contributed by atoms with Gasteiger partial charge < -0.3 is 9.84 Å². The summed E-state index contributed by atoms with van der Waals surface area (Å²) in [5.74, 6) is -1.18. The van der Waals surface area contributed by atoms with Crippen LogP contribution in [0.25, 0.3) is 0 Å².